The van der Waals surface area contributed by atoms with E-state index in [1.54, 1.807) is 6.26 Å². The molecule has 102 valence electrons. The van der Waals surface area contributed by atoms with Crippen molar-refractivity contribution in [2.75, 3.05) is 7.05 Å². The number of benzene rings is 1. The van der Waals surface area contributed by atoms with Crippen molar-refractivity contribution in [3.8, 4) is 0 Å². The number of aryl methyl sites for hydroxylation is 3. The first-order chi connectivity index (χ1) is 9.08. The van der Waals surface area contributed by atoms with Crippen molar-refractivity contribution in [3.05, 3.63) is 57.5 Å². The second-order valence-corrected chi connectivity index (χ2v) is 5.24. The maximum absolute atomic E-state index is 6.18. The SMILES string of the molecule is CCc1occc1C(NC)c1cc(C)c(Cl)cc1C. The van der Waals surface area contributed by atoms with Gasteiger partial charge in [-0.1, -0.05) is 24.6 Å². The number of nitrogens with one attached hydrogen (secondary N) is 1. The van der Waals surface area contributed by atoms with E-state index in [4.69, 9.17) is 16.0 Å². The smallest absolute Gasteiger partial charge is 0.108 e. The van der Waals surface area contributed by atoms with Gasteiger partial charge in [0.15, 0.2) is 0 Å². The molecule has 1 aromatic heterocycles. The van der Waals surface area contributed by atoms with Crippen molar-refractivity contribution < 1.29 is 4.42 Å². The standard InChI is InChI=1S/C16H20ClNO/c1-5-15-12(6-7-19-15)16(18-4)13-8-11(3)14(17)9-10(13)2/h6-9,16,18H,5H2,1-4H3. The second-order valence-electron chi connectivity index (χ2n) is 4.83. The minimum Gasteiger partial charge on any atom is -0.469 e. The van der Waals surface area contributed by atoms with Gasteiger partial charge >= 0.3 is 0 Å². The van der Waals surface area contributed by atoms with Crippen LogP contribution in [0.3, 0.4) is 0 Å². The molecule has 19 heavy (non-hydrogen) atoms. The highest BCUT2D eigenvalue weighted by Gasteiger charge is 2.19. The van der Waals surface area contributed by atoms with Crippen LogP contribution in [0, 0.1) is 13.8 Å². The summed E-state index contributed by atoms with van der Waals surface area (Å²) >= 11 is 6.18. The van der Waals surface area contributed by atoms with Crippen LogP contribution in [0.4, 0.5) is 0 Å². The van der Waals surface area contributed by atoms with Crippen molar-refractivity contribution in [2.45, 2.75) is 33.2 Å². The summed E-state index contributed by atoms with van der Waals surface area (Å²) in [6.45, 7) is 6.24. The summed E-state index contributed by atoms with van der Waals surface area (Å²) in [5.41, 5.74) is 4.75. The van der Waals surface area contributed by atoms with E-state index < -0.39 is 0 Å². The topological polar surface area (TPSA) is 25.2 Å². The summed E-state index contributed by atoms with van der Waals surface area (Å²) in [4.78, 5) is 0. The molecular weight excluding hydrogens is 258 g/mol. The molecule has 1 unspecified atom stereocenters. The average molecular weight is 278 g/mol. The van der Waals surface area contributed by atoms with E-state index in [0.29, 0.717) is 0 Å². The molecule has 2 rings (SSSR count). The fourth-order valence-corrected chi connectivity index (χ4v) is 2.71. The first kappa shape index (κ1) is 14.2. The second kappa shape index (κ2) is 5.81. The molecule has 3 heteroatoms. The van der Waals surface area contributed by atoms with Crippen LogP contribution in [-0.2, 0) is 6.42 Å². The van der Waals surface area contributed by atoms with Gasteiger partial charge in [-0.15, -0.1) is 0 Å². The third kappa shape index (κ3) is 2.70. The Morgan fingerprint density at radius 3 is 2.58 bits per heavy atom. The molecule has 0 saturated carbocycles. The number of hydrogen-bond acceptors (Lipinski definition) is 2. The molecule has 0 radical (unpaired) electrons. The zero-order valence-corrected chi connectivity index (χ0v) is 12.6. The summed E-state index contributed by atoms with van der Waals surface area (Å²) < 4.78 is 5.55. The Balaban J connectivity index is 2.51. The molecule has 2 nitrogen and oxygen atoms in total. The molecule has 0 aliphatic rings. The Kier molecular flexibility index (Phi) is 4.33. The van der Waals surface area contributed by atoms with Gasteiger partial charge in [-0.3, -0.25) is 0 Å². The number of hydrogen-bond donors (Lipinski definition) is 1. The van der Waals surface area contributed by atoms with Gasteiger partial charge in [0, 0.05) is 17.0 Å². The van der Waals surface area contributed by atoms with Crippen LogP contribution < -0.4 is 5.32 Å². The summed E-state index contributed by atoms with van der Waals surface area (Å²) in [5.74, 6) is 1.03. The van der Waals surface area contributed by atoms with Gasteiger partial charge in [0.1, 0.15) is 5.76 Å². The summed E-state index contributed by atoms with van der Waals surface area (Å²) in [6, 6.07) is 6.38. The summed E-state index contributed by atoms with van der Waals surface area (Å²) in [7, 11) is 1.97. The van der Waals surface area contributed by atoms with E-state index in [-0.39, 0.29) is 6.04 Å². The van der Waals surface area contributed by atoms with Crippen LogP contribution in [0.15, 0.2) is 28.9 Å². The number of halogens is 1. The van der Waals surface area contributed by atoms with Gasteiger partial charge in [-0.25, -0.2) is 0 Å². The predicted molar refractivity (Wildman–Crippen MR) is 79.9 cm³/mol. The Hall–Kier alpha value is -1.25. The molecule has 1 aromatic carbocycles. The Morgan fingerprint density at radius 2 is 1.95 bits per heavy atom. The lowest BCUT2D eigenvalue weighted by Crippen LogP contribution is -2.19. The zero-order valence-electron chi connectivity index (χ0n) is 11.9. The minimum absolute atomic E-state index is 0.143. The maximum atomic E-state index is 6.18. The van der Waals surface area contributed by atoms with Crippen LogP contribution >= 0.6 is 11.6 Å². The van der Waals surface area contributed by atoms with Crippen LogP contribution in [0.1, 0.15) is 41.0 Å². The lowest BCUT2D eigenvalue weighted by atomic mass is 9.93. The molecule has 0 aliphatic heterocycles. The molecule has 1 N–H and O–H groups in total. The van der Waals surface area contributed by atoms with Gasteiger partial charge in [0.2, 0.25) is 0 Å². The molecule has 0 amide bonds. The third-order valence-corrected chi connectivity index (χ3v) is 3.97. The fourth-order valence-electron chi connectivity index (χ4n) is 2.49. The molecular formula is C16H20ClNO. The fraction of sp³-hybridized carbons (Fsp3) is 0.375. The van der Waals surface area contributed by atoms with E-state index in [2.05, 4.69) is 25.2 Å². The van der Waals surface area contributed by atoms with Gasteiger partial charge in [0.25, 0.3) is 0 Å². The van der Waals surface area contributed by atoms with Crippen molar-refractivity contribution in [3.63, 3.8) is 0 Å². The minimum atomic E-state index is 0.143. The largest absolute Gasteiger partial charge is 0.469 e. The monoisotopic (exact) mass is 277 g/mol. The quantitative estimate of drug-likeness (QED) is 0.895. The third-order valence-electron chi connectivity index (χ3n) is 3.56. The van der Waals surface area contributed by atoms with E-state index in [1.807, 2.05) is 26.1 Å². The molecule has 0 spiro atoms. The lowest BCUT2D eigenvalue weighted by molar-refractivity contribution is 0.504. The Labute approximate surface area is 119 Å². The van der Waals surface area contributed by atoms with Crippen LogP contribution in [-0.4, -0.2) is 7.05 Å². The highest BCUT2D eigenvalue weighted by Crippen LogP contribution is 2.31. The molecule has 0 bridgehead atoms. The number of rotatable bonds is 4. The highest BCUT2D eigenvalue weighted by molar-refractivity contribution is 6.31. The van der Waals surface area contributed by atoms with Gasteiger partial charge in [-0.05, 0) is 49.7 Å². The summed E-state index contributed by atoms with van der Waals surface area (Å²) in [5, 5.41) is 4.20. The Morgan fingerprint density at radius 1 is 1.21 bits per heavy atom. The van der Waals surface area contributed by atoms with E-state index in [0.717, 1.165) is 22.8 Å². The highest BCUT2D eigenvalue weighted by atomic mass is 35.5. The normalized spacial score (nSPS) is 12.7. The van der Waals surface area contributed by atoms with Crippen molar-refractivity contribution in [2.24, 2.45) is 0 Å². The van der Waals surface area contributed by atoms with Crippen molar-refractivity contribution in [1.82, 2.24) is 5.32 Å². The van der Waals surface area contributed by atoms with E-state index >= 15 is 0 Å². The first-order valence-corrected chi connectivity index (χ1v) is 6.96. The Bertz CT molecular complexity index is 574. The number of furan rings is 1. The van der Waals surface area contributed by atoms with E-state index in [9.17, 15) is 0 Å². The van der Waals surface area contributed by atoms with E-state index in [1.165, 1.54) is 16.7 Å². The van der Waals surface area contributed by atoms with Gasteiger partial charge < -0.3 is 9.73 Å². The predicted octanol–water partition coefficient (Wildman–Crippen LogP) is 4.42. The molecule has 0 aliphatic carbocycles. The zero-order chi connectivity index (χ0) is 14.0. The maximum Gasteiger partial charge on any atom is 0.108 e. The molecule has 1 heterocycles. The van der Waals surface area contributed by atoms with Crippen LogP contribution in [0.5, 0.6) is 0 Å². The van der Waals surface area contributed by atoms with Crippen molar-refractivity contribution >= 4 is 11.6 Å². The van der Waals surface area contributed by atoms with Gasteiger partial charge in [-0.2, -0.15) is 0 Å². The summed E-state index contributed by atoms with van der Waals surface area (Å²) in [6.07, 6.45) is 2.66. The molecule has 0 fully saturated rings. The average Bonchev–Trinajstić information content (AvgIpc) is 2.84. The van der Waals surface area contributed by atoms with Gasteiger partial charge in [0.05, 0.1) is 12.3 Å². The van der Waals surface area contributed by atoms with Crippen LogP contribution in [0.25, 0.3) is 0 Å². The first-order valence-electron chi connectivity index (χ1n) is 6.58. The molecule has 0 saturated heterocycles. The lowest BCUT2D eigenvalue weighted by Gasteiger charge is -2.20. The van der Waals surface area contributed by atoms with Crippen LogP contribution in [0.2, 0.25) is 5.02 Å². The van der Waals surface area contributed by atoms with Crippen molar-refractivity contribution in [1.29, 1.82) is 0 Å². The molecule has 1 atom stereocenters. The molecule has 2 aromatic rings.